The number of nitrogens with one attached hydrogen (secondary N) is 1. The predicted molar refractivity (Wildman–Crippen MR) is 94.6 cm³/mol. The zero-order valence-electron chi connectivity index (χ0n) is 15.1. The predicted octanol–water partition coefficient (Wildman–Crippen LogP) is 1.47. The number of nitrogens with zero attached hydrogens (tertiary/aromatic N) is 4. The van der Waals surface area contributed by atoms with E-state index in [1.54, 1.807) is 0 Å². The third-order valence-corrected chi connectivity index (χ3v) is 5.54. The van der Waals surface area contributed by atoms with Crippen molar-refractivity contribution < 1.29 is 4.79 Å². The third kappa shape index (κ3) is 4.16. The van der Waals surface area contributed by atoms with Crippen LogP contribution in [0.15, 0.2) is 12.4 Å². The number of aryl methyl sites for hydroxylation is 1. The Labute approximate surface area is 145 Å². The summed E-state index contributed by atoms with van der Waals surface area (Å²) in [4.78, 5) is 21.7. The molecule has 3 rings (SSSR count). The van der Waals surface area contributed by atoms with Gasteiger partial charge in [-0.05, 0) is 26.7 Å². The standard InChI is InChI=1S/C18H31N5O/c1-3-22-9-8-19-17(22)14-21-10-12-23(13-11-21)15(2)18(24)20-16-6-4-5-7-16/h8-9,15-16H,3-7,10-14H2,1-2H3,(H,20,24). The average Bonchev–Trinajstić information content (AvgIpc) is 3.26. The Balaban J connectivity index is 1.44. The Morgan fingerprint density at radius 3 is 2.67 bits per heavy atom. The maximum atomic E-state index is 12.4. The van der Waals surface area contributed by atoms with Crippen molar-refractivity contribution in [2.24, 2.45) is 0 Å². The number of hydrogen-bond donors (Lipinski definition) is 1. The molecule has 0 bridgehead atoms. The lowest BCUT2D eigenvalue weighted by molar-refractivity contribution is -0.127. The molecule has 1 aliphatic heterocycles. The molecule has 6 heteroatoms. The van der Waals surface area contributed by atoms with Gasteiger partial charge >= 0.3 is 0 Å². The molecule has 1 aliphatic carbocycles. The van der Waals surface area contributed by atoms with E-state index in [1.807, 2.05) is 19.3 Å². The van der Waals surface area contributed by atoms with Crippen LogP contribution in [0.1, 0.15) is 45.4 Å². The van der Waals surface area contributed by atoms with Crippen LogP contribution in [0, 0.1) is 0 Å². The van der Waals surface area contributed by atoms with Crippen molar-refractivity contribution in [2.45, 2.75) is 64.7 Å². The van der Waals surface area contributed by atoms with E-state index < -0.39 is 0 Å². The van der Waals surface area contributed by atoms with Gasteiger partial charge in [0.25, 0.3) is 0 Å². The van der Waals surface area contributed by atoms with Gasteiger partial charge in [-0.3, -0.25) is 14.6 Å². The molecule has 1 amide bonds. The fraction of sp³-hybridized carbons (Fsp3) is 0.778. The van der Waals surface area contributed by atoms with Crippen LogP contribution in [-0.4, -0.2) is 63.5 Å². The Morgan fingerprint density at radius 2 is 2.00 bits per heavy atom. The van der Waals surface area contributed by atoms with Crippen LogP contribution in [0.5, 0.6) is 0 Å². The minimum Gasteiger partial charge on any atom is -0.352 e. The zero-order chi connectivity index (χ0) is 16.9. The maximum Gasteiger partial charge on any atom is 0.237 e. The minimum absolute atomic E-state index is 0.0228. The zero-order valence-corrected chi connectivity index (χ0v) is 15.1. The van der Waals surface area contributed by atoms with Crippen LogP contribution < -0.4 is 5.32 Å². The molecule has 0 radical (unpaired) electrons. The molecule has 1 unspecified atom stereocenters. The normalized spacial score (nSPS) is 21.9. The summed E-state index contributed by atoms with van der Waals surface area (Å²) >= 11 is 0. The van der Waals surface area contributed by atoms with Crippen LogP contribution in [0.4, 0.5) is 0 Å². The van der Waals surface area contributed by atoms with Crippen molar-refractivity contribution in [3.8, 4) is 0 Å². The van der Waals surface area contributed by atoms with Crippen LogP contribution >= 0.6 is 0 Å². The lowest BCUT2D eigenvalue weighted by atomic mass is 10.2. The van der Waals surface area contributed by atoms with E-state index in [2.05, 4.69) is 31.6 Å². The lowest BCUT2D eigenvalue weighted by Crippen LogP contribution is -2.54. The molecule has 1 aromatic rings. The summed E-state index contributed by atoms with van der Waals surface area (Å²) in [5.74, 6) is 1.34. The van der Waals surface area contributed by atoms with Crippen molar-refractivity contribution >= 4 is 5.91 Å². The van der Waals surface area contributed by atoms with Crippen LogP contribution in [0.3, 0.4) is 0 Å². The summed E-state index contributed by atoms with van der Waals surface area (Å²) in [6, 6.07) is 0.388. The molecule has 0 spiro atoms. The highest BCUT2D eigenvalue weighted by atomic mass is 16.2. The van der Waals surface area contributed by atoms with Gasteiger partial charge in [-0.15, -0.1) is 0 Å². The van der Waals surface area contributed by atoms with E-state index in [-0.39, 0.29) is 11.9 Å². The first kappa shape index (κ1) is 17.4. The number of imidazole rings is 1. The van der Waals surface area contributed by atoms with E-state index in [9.17, 15) is 4.79 Å². The second kappa shape index (κ2) is 8.12. The SMILES string of the molecule is CCn1ccnc1CN1CCN(C(C)C(=O)NC2CCCC2)CC1. The van der Waals surface area contributed by atoms with Crippen molar-refractivity contribution in [3.05, 3.63) is 18.2 Å². The quantitative estimate of drug-likeness (QED) is 0.856. The van der Waals surface area contributed by atoms with Gasteiger partial charge in [-0.1, -0.05) is 12.8 Å². The Morgan fingerprint density at radius 1 is 1.29 bits per heavy atom. The maximum absolute atomic E-state index is 12.4. The number of aromatic nitrogens is 2. The number of hydrogen-bond acceptors (Lipinski definition) is 4. The highest BCUT2D eigenvalue weighted by molar-refractivity contribution is 5.81. The summed E-state index contributed by atoms with van der Waals surface area (Å²) in [5, 5.41) is 3.23. The first-order valence-corrected chi connectivity index (χ1v) is 9.44. The van der Waals surface area contributed by atoms with Gasteiger partial charge in [0.05, 0.1) is 12.6 Å². The molecule has 24 heavy (non-hydrogen) atoms. The number of carbonyl (C=O) groups excluding carboxylic acids is 1. The molecule has 6 nitrogen and oxygen atoms in total. The lowest BCUT2D eigenvalue weighted by Gasteiger charge is -2.37. The molecular weight excluding hydrogens is 302 g/mol. The Hall–Kier alpha value is -1.40. The van der Waals surface area contributed by atoms with E-state index in [0.29, 0.717) is 6.04 Å². The Bertz CT molecular complexity index is 529. The molecule has 1 atom stereocenters. The largest absolute Gasteiger partial charge is 0.352 e. The van der Waals surface area contributed by atoms with Gasteiger partial charge in [0, 0.05) is 51.2 Å². The third-order valence-electron chi connectivity index (χ3n) is 5.54. The minimum atomic E-state index is -0.0228. The first-order valence-electron chi connectivity index (χ1n) is 9.44. The highest BCUT2D eigenvalue weighted by Gasteiger charge is 2.27. The molecule has 1 saturated heterocycles. The summed E-state index contributed by atoms with van der Waals surface area (Å²) in [5.41, 5.74) is 0. The molecule has 134 valence electrons. The topological polar surface area (TPSA) is 53.4 Å². The fourth-order valence-corrected chi connectivity index (χ4v) is 3.85. The molecular formula is C18H31N5O. The van der Waals surface area contributed by atoms with Crippen molar-refractivity contribution in [3.63, 3.8) is 0 Å². The van der Waals surface area contributed by atoms with Gasteiger partial charge < -0.3 is 9.88 Å². The monoisotopic (exact) mass is 333 g/mol. The molecule has 2 fully saturated rings. The van der Waals surface area contributed by atoms with Crippen LogP contribution in [-0.2, 0) is 17.9 Å². The molecule has 2 aliphatic rings. The van der Waals surface area contributed by atoms with Crippen molar-refractivity contribution in [2.75, 3.05) is 26.2 Å². The molecule has 2 heterocycles. The van der Waals surface area contributed by atoms with E-state index in [0.717, 1.165) is 57.9 Å². The van der Waals surface area contributed by atoms with Gasteiger partial charge in [0.15, 0.2) is 0 Å². The second-order valence-electron chi connectivity index (χ2n) is 7.11. The van der Waals surface area contributed by atoms with E-state index >= 15 is 0 Å². The molecule has 1 aromatic heterocycles. The van der Waals surface area contributed by atoms with Crippen LogP contribution in [0.25, 0.3) is 0 Å². The number of rotatable bonds is 6. The first-order chi connectivity index (χ1) is 11.7. The second-order valence-corrected chi connectivity index (χ2v) is 7.11. The number of piperazine rings is 1. The number of carbonyl (C=O) groups is 1. The van der Waals surface area contributed by atoms with Gasteiger partial charge in [-0.25, -0.2) is 4.98 Å². The smallest absolute Gasteiger partial charge is 0.237 e. The van der Waals surface area contributed by atoms with Crippen molar-refractivity contribution in [1.29, 1.82) is 0 Å². The van der Waals surface area contributed by atoms with E-state index in [1.165, 1.54) is 12.8 Å². The molecule has 0 aromatic carbocycles. The van der Waals surface area contributed by atoms with Gasteiger partial charge in [0.1, 0.15) is 5.82 Å². The Kier molecular flexibility index (Phi) is 5.89. The van der Waals surface area contributed by atoms with Gasteiger partial charge in [-0.2, -0.15) is 0 Å². The molecule has 1 saturated carbocycles. The molecule has 1 N–H and O–H groups in total. The summed E-state index contributed by atoms with van der Waals surface area (Å²) in [7, 11) is 0. The summed E-state index contributed by atoms with van der Waals surface area (Å²) in [6.45, 7) is 9.95. The summed E-state index contributed by atoms with van der Waals surface area (Å²) in [6.07, 6.45) is 8.73. The average molecular weight is 333 g/mol. The summed E-state index contributed by atoms with van der Waals surface area (Å²) < 4.78 is 2.20. The number of amides is 1. The van der Waals surface area contributed by atoms with E-state index in [4.69, 9.17) is 0 Å². The van der Waals surface area contributed by atoms with Gasteiger partial charge in [0.2, 0.25) is 5.91 Å². The fourth-order valence-electron chi connectivity index (χ4n) is 3.85. The van der Waals surface area contributed by atoms with Crippen molar-refractivity contribution in [1.82, 2.24) is 24.7 Å². The highest BCUT2D eigenvalue weighted by Crippen LogP contribution is 2.18. The van der Waals surface area contributed by atoms with Crippen LogP contribution in [0.2, 0.25) is 0 Å².